The molecule has 1 N–H and O–H groups in total. The van der Waals surface area contributed by atoms with Gasteiger partial charge in [-0.25, -0.2) is 0 Å². The second-order valence-electron chi connectivity index (χ2n) is 3.12. The maximum Gasteiger partial charge on any atom is 0.0926 e. The van der Waals surface area contributed by atoms with Crippen LogP contribution in [-0.4, -0.2) is 16.8 Å². The van der Waals surface area contributed by atoms with E-state index in [0.29, 0.717) is 0 Å². The Hall–Kier alpha value is -0.770. The van der Waals surface area contributed by atoms with Crippen molar-refractivity contribution in [3.8, 4) is 0 Å². The monoisotopic (exact) mass is 247 g/mol. The first-order chi connectivity index (χ1) is 6.33. The first-order valence-corrected chi connectivity index (χ1v) is 4.38. The van der Waals surface area contributed by atoms with Crippen molar-refractivity contribution < 1.29 is 0 Å². The molecular formula is C10H15Cl2N3. The van der Waals surface area contributed by atoms with Gasteiger partial charge < -0.3 is 5.32 Å². The lowest BCUT2D eigenvalue weighted by Crippen LogP contribution is -2.09. The number of hydrogen-bond acceptors (Lipinski definition) is 2. The average molecular weight is 248 g/mol. The fraction of sp³-hybridized carbons (Fsp3) is 0.300. The van der Waals surface area contributed by atoms with E-state index >= 15 is 0 Å². The topological polar surface area (TPSA) is 29.9 Å². The van der Waals surface area contributed by atoms with Gasteiger partial charge in [0.2, 0.25) is 0 Å². The second-order valence-corrected chi connectivity index (χ2v) is 3.12. The van der Waals surface area contributed by atoms with Gasteiger partial charge in [0.1, 0.15) is 0 Å². The van der Waals surface area contributed by atoms with Gasteiger partial charge in [-0.05, 0) is 13.1 Å². The van der Waals surface area contributed by atoms with Gasteiger partial charge in [0.25, 0.3) is 0 Å². The van der Waals surface area contributed by atoms with Crippen LogP contribution in [0.25, 0.3) is 10.9 Å². The summed E-state index contributed by atoms with van der Waals surface area (Å²) in [7, 11) is 3.93. The molecule has 0 radical (unpaired) electrons. The van der Waals surface area contributed by atoms with Crippen molar-refractivity contribution >= 4 is 35.7 Å². The summed E-state index contributed by atoms with van der Waals surface area (Å²) in [5.74, 6) is 0. The minimum atomic E-state index is 0. The zero-order valence-corrected chi connectivity index (χ0v) is 10.4. The molecule has 2 rings (SSSR count). The maximum absolute atomic E-state index is 4.41. The highest BCUT2D eigenvalue weighted by molar-refractivity contribution is 5.85. The smallest absolute Gasteiger partial charge is 0.0926 e. The minimum Gasteiger partial charge on any atom is -0.314 e. The molecule has 0 unspecified atom stereocenters. The molecule has 0 saturated heterocycles. The maximum atomic E-state index is 4.41. The largest absolute Gasteiger partial charge is 0.314 e. The van der Waals surface area contributed by atoms with Crippen LogP contribution in [0.15, 0.2) is 24.3 Å². The van der Waals surface area contributed by atoms with Crippen molar-refractivity contribution in [2.75, 3.05) is 7.05 Å². The van der Waals surface area contributed by atoms with E-state index in [1.54, 1.807) is 0 Å². The molecule has 0 aliphatic heterocycles. The third-order valence-corrected chi connectivity index (χ3v) is 2.21. The van der Waals surface area contributed by atoms with E-state index in [1.165, 1.54) is 11.1 Å². The molecule has 0 saturated carbocycles. The molecule has 1 aromatic heterocycles. The Bertz CT molecular complexity index is 426. The number of aromatic nitrogens is 2. The molecule has 0 atom stereocenters. The van der Waals surface area contributed by atoms with Crippen LogP contribution in [0.4, 0.5) is 0 Å². The van der Waals surface area contributed by atoms with E-state index in [0.717, 1.165) is 12.1 Å². The molecule has 0 aliphatic carbocycles. The number of fused-ring (bicyclic) bond motifs is 1. The summed E-state index contributed by atoms with van der Waals surface area (Å²) in [6.45, 7) is 0.858. The number of nitrogens with one attached hydrogen (secondary N) is 1. The van der Waals surface area contributed by atoms with E-state index in [1.807, 2.05) is 37.0 Å². The zero-order chi connectivity index (χ0) is 9.26. The fourth-order valence-electron chi connectivity index (χ4n) is 1.58. The van der Waals surface area contributed by atoms with Gasteiger partial charge in [0.15, 0.2) is 0 Å². The molecule has 1 aromatic carbocycles. The third-order valence-electron chi connectivity index (χ3n) is 2.21. The first-order valence-electron chi connectivity index (χ1n) is 4.38. The van der Waals surface area contributed by atoms with Gasteiger partial charge in [-0.1, -0.05) is 18.2 Å². The highest BCUT2D eigenvalue weighted by atomic mass is 35.5. The molecule has 84 valence electrons. The lowest BCUT2D eigenvalue weighted by atomic mass is 10.2. The van der Waals surface area contributed by atoms with E-state index in [-0.39, 0.29) is 24.8 Å². The summed E-state index contributed by atoms with van der Waals surface area (Å²) in [6.07, 6.45) is 0. The molecule has 0 amide bonds. The Labute approximate surface area is 102 Å². The fourth-order valence-corrected chi connectivity index (χ4v) is 1.58. The summed E-state index contributed by atoms with van der Waals surface area (Å²) >= 11 is 0. The summed E-state index contributed by atoms with van der Waals surface area (Å²) in [5, 5.41) is 8.79. The normalized spacial score (nSPS) is 9.47. The summed E-state index contributed by atoms with van der Waals surface area (Å²) in [6, 6.07) is 8.20. The Morgan fingerprint density at radius 2 is 1.93 bits per heavy atom. The highest BCUT2D eigenvalue weighted by Gasteiger charge is 2.05. The van der Waals surface area contributed by atoms with Crippen molar-refractivity contribution in [1.29, 1.82) is 0 Å². The number of hydrogen-bond donors (Lipinski definition) is 1. The summed E-state index contributed by atoms with van der Waals surface area (Å²) < 4.78 is 1.93. The van der Waals surface area contributed by atoms with Crippen LogP contribution in [-0.2, 0) is 13.6 Å². The SMILES string of the molecule is CNCc1c2ccccc2nn1C.Cl.Cl. The zero-order valence-electron chi connectivity index (χ0n) is 8.73. The van der Waals surface area contributed by atoms with Crippen molar-refractivity contribution in [3.63, 3.8) is 0 Å². The van der Waals surface area contributed by atoms with Crippen LogP contribution < -0.4 is 5.32 Å². The molecule has 3 nitrogen and oxygen atoms in total. The van der Waals surface area contributed by atoms with Crippen LogP contribution in [0.2, 0.25) is 0 Å². The van der Waals surface area contributed by atoms with Gasteiger partial charge in [-0.15, -0.1) is 24.8 Å². The predicted molar refractivity (Wildman–Crippen MR) is 68.0 cm³/mol. The molecule has 5 heteroatoms. The number of halogens is 2. The first kappa shape index (κ1) is 14.2. The van der Waals surface area contributed by atoms with Crippen LogP contribution in [0.1, 0.15) is 5.69 Å². The van der Waals surface area contributed by atoms with E-state index < -0.39 is 0 Å². The summed E-state index contributed by atoms with van der Waals surface area (Å²) in [5.41, 5.74) is 2.30. The number of benzene rings is 1. The molecular weight excluding hydrogens is 233 g/mol. The summed E-state index contributed by atoms with van der Waals surface area (Å²) in [4.78, 5) is 0. The van der Waals surface area contributed by atoms with Crippen molar-refractivity contribution in [1.82, 2.24) is 15.1 Å². The molecule has 15 heavy (non-hydrogen) atoms. The van der Waals surface area contributed by atoms with Crippen LogP contribution >= 0.6 is 24.8 Å². The molecule has 0 bridgehead atoms. The van der Waals surface area contributed by atoms with Gasteiger partial charge >= 0.3 is 0 Å². The standard InChI is InChI=1S/C10H13N3.2ClH/c1-11-7-10-8-5-3-4-6-9(8)12-13(10)2;;/h3-6,11H,7H2,1-2H3;2*1H. The predicted octanol–water partition coefficient (Wildman–Crippen LogP) is 2.14. The van der Waals surface area contributed by atoms with Crippen molar-refractivity contribution in [2.45, 2.75) is 6.54 Å². The van der Waals surface area contributed by atoms with Gasteiger partial charge in [0, 0.05) is 19.0 Å². The van der Waals surface area contributed by atoms with E-state index in [4.69, 9.17) is 0 Å². The highest BCUT2D eigenvalue weighted by Crippen LogP contribution is 2.16. The molecule has 0 spiro atoms. The quantitative estimate of drug-likeness (QED) is 0.882. The van der Waals surface area contributed by atoms with E-state index in [9.17, 15) is 0 Å². The van der Waals surface area contributed by atoms with Gasteiger partial charge in [-0.2, -0.15) is 5.10 Å². The average Bonchev–Trinajstić information content (AvgIpc) is 2.44. The number of rotatable bonds is 2. The van der Waals surface area contributed by atoms with Crippen LogP contribution in [0.3, 0.4) is 0 Å². The molecule has 2 aromatic rings. The van der Waals surface area contributed by atoms with E-state index in [2.05, 4.69) is 16.5 Å². The van der Waals surface area contributed by atoms with Crippen molar-refractivity contribution in [2.24, 2.45) is 7.05 Å². The lowest BCUT2D eigenvalue weighted by molar-refractivity contribution is 0.680. The lowest BCUT2D eigenvalue weighted by Gasteiger charge is -1.99. The molecule has 0 aliphatic rings. The third kappa shape index (κ3) is 2.62. The number of nitrogens with zero attached hydrogens (tertiary/aromatic N) is 2. The molecule has 0 fully saturated rings. The second kappa shape index (κ2) is 5.95. The number of aryl methyl sites for hydroxylation is 1. The Morgan fingerprint density at radius 3 is 2.60 bits per heavy atom. The van der Waals surface area contributed by atoms with Crippen molar-refractivity contribution in [3.05, 3.63) is 30.0 Å². The minimum absolute atomic E-state index is 0. The van der Waals surface area contributed by atoms with Crippen LogP contribution in [0.5, 0.6) is 0 Å². The van der Waals surface area contributed by atoms with Gasteiger partial charge in [0.05, 0.1) is 11.2 Å². The Balaban J connectivity index is 0.000000980. The Morgan fingerprint density at radius 1 is 1.27 bits per heavy atom. The van der Waals surface area contributed by atoms with Gasteiger partial charge in [-0.3, -0.25) is 4.68 Å². The molecule has 1 heterocycles. The van der Waals surface area contributed by atoms with Crippen LogP contribution in [0, 0.1) is 0 Å². The Kier molecular flexibility index (Phi) is 5.65.